The number of nitrogens with two attached hydrogens (primary N) is 1. The van der Waals surface area contributed by atoms with Crippen molar-refractivity contribution in [1.82, 2.24) is 0 Å². The molecule has 19 heavy (non-hydrogen) atoms. The van der Waals surface area contributed by atoms with Gasteiger partial charge in [-0.15, -0.1) is 11.3 Å². The molecule has 5 heteroatoms. The van der Waals surface area contributed by atoms with Crippen molar-refractivity contribution in [3.63, 3.8) is 0 Å². The Hall–Kier alpha value is -2.01. The third kappa shape index (κ3) is 3.26. The van der Waals surface area contributed by atoms with Crippen molar-refractivity contribution < 1.29 is 14.3 Å². The van der Waals surface area contributed by atoms with Gasteiger partial charge in [-0.3, -0.25) is 0 Å². The number of methoxy groups -OCH3 is 1. The van der Waals surface area contributed by atoms with Crippen LogP contribution in [0.25, 0.3) is 0 Å². The van der Waals surface area contributed by atoms with Crippen molar-refractivity contribution in [2.45, 2.75) is 13.5 Å². The van der Waals surface area contributed by atoms with Crippen LogP contribution in [-0.2, 0) is 11.3 Å². The molecule has 4 nitrogen and oxygen atoms in total. The highest BCUT2D eigenvalue weighted by Gasteiger charge is 2.12. The van der Waals surface area contributed by atoms with Crippen LogP contribution in [0.2, 0.25) is 0 Å². The standard InChI is InChI=1S/C14H15NO3S/c1-9-12(15)7-13(19-9)14(16)18-8-10-3-5-11(17-2)6-4-10/h3-7H,8,15H2,1-2H3. The topological polar surface area (TPSA) is 61.5 Å². The summed E-state index contributed by atoms with van der Waals surface area (Å²) < 4.78 is 10.3. The second-order valence-corrected chi connectivity index (χ2v) is 5.30. The molecule has 1 aromatic carbocycles. The first-order chi connectivity index (χ1) is 9.10. The molecule has 0 saturated carbocycles. The first-order valence-corrected chi connectivity index (χ1v) is 6.57. The van der Waals surface area contributed by atoms with Crippen LogP contribution in [0.5, 0.6) is 5.75 Å². The Morgan fingerprint density at radius 2 is 2.00 bits per heavy atom. The van der Waals surface area contributed by atoms with E-state index in [2.05, 4.69) is 0 Å². The van der Waals surface area contributed by atoms with E-state index in [1.54, 1.807) is 13.2 Å². The van der Waals surface area contributed by atoms with Gasteiger partial charge in [-0.2, -0.15) is 0 Å². The highest BCUT2D eigenvalue weighted by atomic mass is 32.1. The molecular weight excluding hydrogens is 262 g/mol. The number of esters is 1. The fourth-order valence-electron chi connectivity index (χ4n) is 1.54. The first-order valence-electron chi connectivity index (χ1n) is 5.76. The molecule has 2 rings (SSSR count). The number of hydrogen-bond donors (Lipinski definition) is 1. The molecule has 0 aliphatic heterocycles. The highest BCUT2D eigenvalue weighted by Crippen LogP contribution is 2.24. The molecular formula is C14H15NO3S. The van der Waals surface area contributed by atoms with Gasteiger partial charge in [0.15, 0.2) is 0 Å². The van der Waals surface area contributed by atoms with Crippen LogP contribution >= 0.6 is 11.3 Å². The number of carbonyl (C=O) groups is 1. The SMILES string of the molecule is COc1ccc(COC(=O)c2cc(N)c(C)s2)cc1. The molecule has 0 radical (unpaired) electrons. The fraction of sp³-hybridized carbons (Fsp3) is 0.214. The van der Waals surface area contributed by atoms with Gasteiger partial charge in [-0.25, -0.2) is 4.79 Å². The lowest BCUT2D eigenvalue weighted by atomic mass is 10.2. The molecule has 0 saturated heterocycles. The number of aryl methyl sites for hydroxylation is 1. The summed E-state index contributed by atoms with van der Waals surface area (Å²) in [6, 6.07) is 9.03. The Morgan fingerprint density at radius 3 is 2.53 bits per heavy atom. The lowest BCUT2D eigenvalue weighted by Gasteiger charge is -2.04. The Balaban J connectivity index is 1.96. The summed E-state index contributed by atoms with van der Waals surface area (Å²) in [7, 11) is 1.61. The van der Waals surface area contributed by atoms with Gasteiger partial charge in [0, 0.05) is 10.6 Å². The summed E-state index contributed by atoms with van der Waals surface area (Å²) in [5, 5.41) is 0. The van der Waals surface area contributed by atoms with Crippen molar-refractivity contribution in [2.24, 2.45) is 0 Å². The molecule has 0 aliphatic carbocycles. The number of ether oxygens (including phenoxy) is 2. The van der Waals surface area contributed by atoms with Crippen molar-refractivity contribution in [1.29, 1.82) is 0 Å². The van der Waals surface area contributed by atoms with E-state index in [1.165, 1.54) is 11.3 Å². The summed E-state index contributed by atoms with van der Waals surface area (Å²) in [6.07, 6.45) is 0. The number of nitrogen functional groups attached to an aromatic ring is 1. The fourth-order valence-corrected chi connectivity index (χ4v) is 2.37. The number of hydrogen-bond acceptors (Lipinski definition) is 5. The number of carbonyl (C=O) groups excluding carboxylic acids is 1. The maximum Gasteiger partial charge on any atom is 0.348 e. The first kappa shape index (κ1) is 13.4. The van der Waals surface area contributed by atoms with Gasteiger partial charge in [-0.1, -0.05) is 12.1 Å². The van der Waals surface area contributed by atoms with Gasteiger partial charge in [0.25, 0.3) is 0 Å². The van der Waals surface area contributed by atoms with E-state index in [1.807, 2.05) is 31.2 Å². The second kappa shape index (κ2) is 5.75. The summed E-state index contributed by atoms with van der Waals surface area (Å²) in [5.74, 6) is 0.428. The predicted molar refractivity (Wildman–Crippen MR) is 75.6 cm³/mol. The van der Waals surface area contributed by atoms with E-state index in [-0.39, 0.29) is 12.6 Å². The molecule has 0 bridgehead atoms. The largest absolute Gasteiger partial charge is 0.497 e. The molecule has 0 unspecified atom stereocenters. The Labute approximate surface area is 115 Å². The zero-order chi connectivity index (χ0) is 13.8. The number of benzene rings is 1. The third-order valence-corrected chi connectivity index (χ3v) is 3.73. The van der Waals surface area contributed by atoms with E-state index in [0.29, 0.717) is 10.6 Å². The molecule has 2 aromatic rings. The van der Waals surface area contributed by atoms with Crippen molar-refractivity contribution in [3.05, 3.63) is 45.6 Å². The van der Waals surface area contributed by atoms with Crippen molar-refractivity contribution in [2.75, 3.05) is 12.8 Å². The van der Waals surface area contributed by atoms with E-state index in [4.69, 9.17) is 15.2 Å². The average molecular weight is 277 g/mol. The maximum absolute atomic E-state index is 11.8. The minimum atomic E-state index is -0.347. The zero-order valence-electron chi connectivity index (χ0n) is 10.8. The minimum Gasteiger partial charge on any atom is -0.497 e. The molecule has 2 N–H and O–H groups in total. The second-order valence-electron chi connectivity index (χ2n) is 4.05. The van der Waals surface area contributed by atoms with E-state index in [0.717, 1.165) is 16.2 Å². The van der Waals surface area contributed by atoms with E-state index >= 15 is 0 Å². The quantitative estimate of drug-likeness (QED) is 0.873. The van der Waals surface area contributed by atoms with Gasteiger partial charge >= 0.3 is 5.97 Å². The van der Waals surface area contributed by atoms with Gasteiger partial charge in [-0.05, 0) is 30.7 Å². The summed E-state index contributed by atoms with van der Waals surface area (Å²) in [4.78, 5) is 13.3. The summed E-state index contributed by atoms with van der Waals surface area (Å²) in [5.41, 5.74) is 7.25. The zero-order valence-corrected chi connectivity index (χ0v) is 11.6. The normalized spacial score (nSPS) is 10.2. The maximum atomic E-state index is 11.8. The van der Waals surface area contributed by atoms with Gasteiger partial charge in [0.05, 0.1) is 7.11 Å². The smallest absolute Gasteiger partial charge is 0.348 e. The molecule has 0 amide bonds. The molecule has 1 aromatic heterocycles. The van der Waals surface area contributed by atoms with Crippen LogP contribution in [-0.4, -0.2) is 13.1 Å². The Kier molecular flexibility index (Phi) is 4.06. The molecule has 0 atom stereocenters. The number of thiophene rings is 1. The lowest BCUT2D eigenvalue weighted by molar-refractivity contribution is 0.0478. The van der Waals surface area contributed by atoms with Crippen molar-refractivity contribution >= 4 is 23.0 Å². The van der Waals surface area contributed by atoms with Crippen LogP contribution in [0.3, 0.4) is 0 Å². The van der Waals surface area contributed by atoms with E-state index in [9.17, 15) is 4.79 Å². The molecule has 100 valence electrons. The van der Waals surface area contributed by atoms with Crippen LogP contribution in [0.15, 0.2) is 30.3 Å². The Bertz CT molecular complexity index is 555. The van der Waals surface area contributed by atoms with Crippen LogP contribution in [0.1, 0.15) is 20.1 Å². The molecule has 0 fully saturated rings. The lowest BCUT2D eigenvalue weighted by Crippen LogP contribution is -2.03. The van der Waals surface area contributed by atoms with Gasteiger partial charge in [0.2, 0.25) is 0 Å². The van der Waals surface area contributed by atoms with E-state index < -0.39 is 0 Å². The van der Waals surface area contributed by atoms with Crippen LogP contribution in [0, 0.1) is 6.92 Å². The van der Waals surface area contributed by atoms with Gasteiger partial charge in [0.1, 0.15) is 17.2 Å². The summed E-state index contributed by atoms with van der Waals surface area (Å²) in [6.45, 7) is 2.11. The summed E-state index contributed by atoms with van der Waals surface area (Å²) >= 11 is 1.34. The molecule has 0 spiro atoms. The van der Waals surface area contributed by atoms with Crippen LogP contribution < -0.4 is 10.5 Å². The third-order valence-electron chi connectivity index (χ3n) is 2.69. The molecule has 0 aliphatic rings. The Morgan fingerprint density at radius 1 is 1.32 bits per heavy atom. The average Bonchev–Trinajstić information content (AvgIpc) is 2.77. The highest BCUT2D eigenvalue weighted by molar-refractivity contribution is 7.14. The van der Waals surface area contributed by atoms with Crippen molar-refractivity contribution in [3.8, 4) is 5.75 Å². The van der Waals surface area contributed by atoms with Crippen LogP contribution in [0.4, 0.5) is 5.69 Å². The minimum absolute atomic E-state index is 0.236. The van der Waals surface area contributed by atoms with Gasteiger partial charge < -0.3 is 15.2 Å². The molecule has 1 heterocycles. The predicted octanol–water partition coefficient (Wildman–Crippen LogP) is 3.00. The number of anilines is 1. The number of rotatable bonds is 4. The monoisotopic (exact) mass is 277 g/mol.